The highest BCUT2D eigenvalue weighted by atomic mass is 16.4. The molecule has 0 unspecified atom stereocenters. The van der Waals surface area contributed by atoms with Gasteiger partial charge in [-0.2, -0.15) is 0 Å². The summed E-state index contributed by atoms with van der Waals surface area (Å²) in [5.41, 5.74) is 3.42. The molecule has 1 aromatic carbocycles. The molecule has 0 fully saturated rings. The first-order chi connectivity index (χ1) is 8.22. The third-order valence-electron chi connectivity index (χ3n) is 3.52. The van der Waals surface area contributed by atoms with Crippen molar-refractivity contribution >= 4 is 5.97 Å². The minimum absolute atomic E-state index is 0.147. The number of aliphatic carboxylic acids is 1. The summed E-state index contributed by atoms with van der Waals surface area (Å²) in [6.45, 7) is 8.87. The van der Waals surface area contributed by atoms with E-state index in [0.717, 1.165) is 6.54 Å². The Balaban J connectivity index is 2.80. The maximum absolute atomic E-state index is 10.9. The molecule has 0 spiro atoms. The van der Waals surface area contributed by atoms with Crippen molar-refractivity contribution in [1.82, 2.24) is 4.90 Å². The first-order valence-electron chi connectivity index (χ1n) is 6.21. The van der Waals surface area contributed by atoms with E-state index in [2.05, 4.69) is 36.9 Å². The Morgan fingerprint density at radius 3 is 2.44 bits per heavy atom. The van der Waals surface area contributed by atoms with Crippen LogP contribution in [0.4, 0.5) is 0 Å². The Kier molecular flexibility index (Phi) is 4.52. The van der Waals surface area contributed by atoms with Crippen LogP contribution in [0.5, 0.6) is 0 Å². The zero-order valence-corrected chi connectivity index (χ0v) is 11.9. The van der Waals surface area contributed by atoms with Crippen molar-refractivity contribution in [1.29, 1.82) is 0 Å². The first-order valence-corrected chi connectivity index (χ1v) is 6.21. The van der Waals surface area contributed by atoms with Gasteiger partial charge >= 0.3 is 5.97 Å². The van der Waals surface area contributed by atoms with E-state index in [1.807, 2.05) is 20.9 Å². The van der Waals surface area contributed by atoms with Crippen molar-refractivity contribution in [3.63, 3.8) is 0 Å². The number of carboxylic acids is 1. The molecule has 0 bridgehead atoms. The van der Waals surface area contributed by atoms with Crippen LogP contribution in [0, 0.1) is 13.8 Å². The lowest BCUT2D eigenvalue weighted by molar-refractivity contribution is -0.139. The third kappa shape index (κ3) is 3.84. The van der Waals surface area contributed by atoms with Crippen LogP contribution in [-0.4, -0.2) is 28.6 Å². The molecule has 3 nitrogen and oxygen atoms in total. The van der Waals surface area contributed by atoms with Crippen LogP contribution in [0.25, 0.3) is 0 Å². The Labute approximate surface area is 109 Å². The molecule has 0 aliphatic carbocycles. The number of benzene rings is 1. The number of nitrogens with zero attached hydrogens (tertiary/aromatic N) is 1. The first kappa shape index (κ1) is 14.7. The molecule has 0 heterocycles. The van der Waals surface area contributed by atoms with Crippen LogP contribution in [0.1, 0.15) is 37.0 Å². The SMILES string of the molecule is Cc1ccc(CN(C)C(C)(C)CC(=O)O)c(C)c1. The fourth-order valence-electron chi connectivity index (χ4n) is 2.00. The molecule has 1 N–H and O–H groups in total. The molecule has 100 valence electrons. The van der Waals surface area contributed by atoms with E-state index >= 15 is 0 Å². The summed E-state index contributed by atoms with van der Waals surface area (Å²) in [5, 5.41) is 8.93. The molecule has 0 saturated carbocycles. The number of carbonyl (C=O) groups is 1. The van der Waals surface area contributed by atoms with Gasteiger partial charge in [0.25, 0.3) is 0 Å². The molecule has 1 rings (SSSR count). The van der Waals surface area contributed by atoms with Crippen LogP contribution in [0.3, 0.4) is 0 Å². The summed E-state index contributed by atoms with van der Waals surface area (Å²) in [6, 6.07) is 6.38. The number of aryl methyl sites for hydroxylation is 2. The normalized spacial score (nSPS) is 11.9. The number of hydrogen-bond acceptors (Lipinski definition) is 2. The lowest BCUT2D eigenvalue weighted by Crippen LogP contribution is -2.42. The van der Waals surface area contributed by atoms with Gasteiger partial charge in [0.05, 0.1) is 6.42 Å². The Morgan fingerprint density at radius 1 is 1.33 bits per heavy atom. The summed E-state index contributed by atoms with van der Waals surface area (Å²) in [5.74, 6) is -0.757. The third-order valence-corrected chi connectivity index (χ3v) is 3.52. The number of carboxylic acid groups (broad SMARTS) is 1. The van der Waals surface area contributed by atoms with Crippen molar-refractivity contribution in [3.05, 3.63) is 34.9 Å². The Bertz CT molecular complexity index is 438. The highest BCUT2D eigenvalue weighted by Gasteiger charge is 2.26. The molecule has 0 aliphatic rings. The fraction of sp³-hybridized carbons (Fsp3) is 0.533. The van der Waals surface area contributed by atoms with Gasteiger partial charge in [-0.3, -0.25) is 9.69 Å². The predicted molar refractivity (Wildman–Crippen MR) is 73.7 cm³/mol. The molecule has 0 atom stereocenters. The van der Waals surface area contributed by atoms with Crippen molar-refractivity contribution < 1.29 is 9.90 Å². The van der Waals surface area contributed by atoms with Gasteiger partial charge in [0, 0.05) is 12.1 Å². The standard InChI is InChI=1S/C15H23NO2/c1-11-6-7-13(12(2)8-11)10-16(5)15(3,4)9-14(17)18/h6-8H,9-10H2,1-5H3,(H,17,18). The molecule has 3 heteroatoms. The van der Waals surface area contributed by atoms with Gasteiger partial charge in [-0.15, -0.1) is 0 Å². The second kappa shape index (κ2) is 5.53. The van der Waals surface area contributed by atoms with Crippen molar-refractivity contribution in [3.8, 4) is 0 Å². The maximum atomic E-state index is 10.9. The molecule has 0 aliphatic heterocycles. The molecule has 0 radical (unpaired) electrons. The van der Waals surface area contributed by atoms with E-state index in [0.29, 0.717) is 0 Å². The van der Waals surface area contributed by atoms with Gasteiger partial charge in [0.2, 0.25) is 0 Å². The van der Waals surface area contributed by atoms with Crippen LogP contribution >= 0.6 is 0 Å². The quantitative estimate of drug-likeness (QED) is 0.872. The molecule has 0 amide bonds. The molecule has 18 heavy (non-hydrogen) atoms. The van der Waals surface area contributed by atoms with Crippen molar-refractivity contribution in [2.24, 2.45) is 0 Å². The van der Waals surface area contributed by atoms with Crippen molar-refractivity contribution in [2.75, 3.05) is 7.05 Å². The van der Waals surface area contributed by atoms with E-state index in [1.165, 1.54) is 16.7 Å². The van der Waals surface area contributed by atoms with E-state index in [9.17, 15) is 4.79 Å². The van der Waals surface area contributed by atoms with E-state index in [1.54, 1.807) is 0 Å². The summed E-state index contributed by atoms with van der Waals surface area (Å²) in [7, 11) is 1.97. The fourth-order valence-corrected chi connectivity index (χ4v) is 2.00. The highest BCUT2D eigenvalue weighted by molar-refractivity contribution is 5.68. The van der Waals surface area contributed by atoms with Gasteiger partial charge in [-0.05, 0) is 45.9 Å². The average Bonchev–Trinajstić information content (AvgIpc) is 2.20. The van der Waals surface area contributed by atoms with Gasteiger partial charge in [0.1, 0.15) is 0 Å². The second-order valence-corrected chi connectivity index (χ2v) is 5.67. The zero-order chi connectivity index (χ0) is 13.9. The summed E-state index contributed by atoms with van der Waals surface area (Å²) in [6.07, 6.45) is 0.147. The molecule has 0 aromatic heterocycles. The van der Waals surface area contributed by atoms with Crippen molar-refractivity contribution in [2.45, 2.75) is 46.2 Å². The largest absolute Gasteiger partial charge is 0.481 e. The summed E-state index contributed by atoms with van der Waals surface area (Å²) >= 11 is 0. The Morgan fingerprint density at radius 2 is 1.94 bits per heavy atom. The zero-order valence-electron chi connectivity index (χ0n) is 11.9. The van der Waals surface area contributed by atoms with Crippen LogP contribution < -0.4 is 0 Å². The topological polar surface area (TPSA) is 40.5 Å². The highest BCUT2D eigenvalue weighted by Crippen LogP contribution is 2.21. The van der Waals surface area contributed by atoms with Gasteiger partial charge < -0.3 is 5.11 Å². The molecule has 0 saturated heterocycles. The molecular formula is C15H23NO2. The van der Waals surface area contributed by atoms with Gasteiger partial charge in [-0.1, -0.05) is 23.8 Å². The molecular weight excluding hydrogens is 226 g/mol. The minimum atomic E-state index is -0.757. The predicted octanol–water partition coefficient (Wildman–Crippen LogP) is 2.99. The number of rotatable bonds is 5. The lowest BCUT2D eigenvalue weighted by Gasteiger charge is -2.34. The van der Waals surface area contributed by atoms with E-state index in [4.69, 9.17) is 5.11 Å². The van der Waals surface area contributed by atoms with Gasteiger partial charge in [0.15, 0.2) is 0 Å². The number of hydrogen-bond donors (Lipinski definition) is 1. The van der Waals surface area contributed by atoms with E-state index in [-0.39, 0.29) is 12.0 Å². The smallest absolute Gasteiger partial charge is 0.305 e. The monoisotopic (exact) mass is 249 g/mol. The minimum Gasteiger partial charge on any atom is -0.481 e. The summed E-state index contributed by atoms with van der Waals surface area (Å²) < 4.78 is 0. The Hall–Kier alpha value is -1.35. The van der Waals surface area contributed by atoms with Gasteiger partial charge in [-0.25, -0.2) is 0 Å². The lowest BCUT2D eigenvalue weighted by atomic mass is 9.97. The molecule has 1 aromatic rings. The van der Waals surface area contributed by atoms with Crippen LogP contribution in [0.2, 0.25) is 0 Å². The van der Waals surface area contributed by atoms with E-state index < -0.39 is 5.97 Å². The second-order valence-electron chi connectivity index (χ2n) is 5.67. The summed E-state index contributed by atoms with van der Waals surface area (Å²) in [4.78, 5) is 13.0. The van der Waals surface area contributed by atoms with Crippen LogP contribution in [-0.2, 0) is 11.3 Å². The average molecular weight is 249 g/mol. The maximum Gasteiger partial charge on any atom is 0.305 e. The van der Waals surface area contributed by atoms with Crippen LogP contribution in [0.15, 0.2) is 18.2 Å².